The number of nitriles is 1. The second kappa shape index (κ2) is 9.30. The topological polar surface area (TPSA) is 178 Å². The maximum atomic E-state index is 13.3. The van der Waals surface area contributed by atoms with Crippen LogP contribution < -0.4 is 0 Å². The minimum absolute atomic E-state index is 0.0348. The summed E-state index contributed by atoms with van der Waals surface area (Å²) in [6, 6.07) is 6.33. The zero-order valence-electron chi connectivity index (χ0n) is 19.2. The number of alkyl halides is 3. The highest BCUT2D eigenvalue weighted by molar-refractivity contribution is 7.45. The lowest BCUT2D eigenvalue weighted by atomic mass is 10.0. The molecule has 1 aromatic carbocycles. The first kappa shape index (κ1) is 27.3. The number of carbonyl (C=O) groups excluding carboxylic acids is 1. The minimum atomic E-state index is -4.89. The molecule has 2 aromatic heterocycles. The SMILES string of the molecule is C[C@H]1CN(C(=O)c2c3ccc(C#N)cc3nn2C)Cc2cnc([C@@](C)(O)C(F)(F)F)n21.O=P(O)(O)O. The molecule has 0 saturated heterocycles. The molecule has 0 bridgehead atoms. The predicted molar refractivity (Wildman–Crippen MR) is 117 cm³/mol. The number of hydrogen-bond donors (Lipinski definition) is 4. The Morgan fingerprint density at radius 2 is 1.89 bits per heavy atom. The lowest BCUT2D eigenvalue weighted by Gasteiger charge is -2.36. The minimum Gasteiger partial charge on any atom is -0.374 e. The molecule has 4 N–H and O–H groups in total. The molecular weight excluding hydrogens is 508 g/mol. The molecule has 0 aliphatic carbocycles. The van der Waals surface area contributed by atoms with Crippen molar-refractivity contribution in [1.29, 1.82) is 5.26 Å². The standard InChI is InChI=1S/C20H19F3N6O2.H3O4P/c1-11-9-28(10-13-8-25-18(29(11)13)19(2,31)20(21,22)23)17(30)16-14-5-4-12(7-24)6-15(14)26-27(16)3;1-5(2,3)4/h4-6,8,11,31H,9-10H2,1-3H3;(H3,1,2,3,4)/t11-,19+;/m0./s1. The number of amides is 1. The van der Waals surface area contributed by atoms with Crippen molar-refractivity contribution in [2.75, 3.05) is 6.54 Å². The summed E-state index contributed by atoms with van der Waals surface area (Å²) < 4.78 is 51.7. The summed E-state index contributed by atoms with van der Waals surface area (Å²) in [4.78, 5) is 40.2. The highest BCUT2D eigenvalue weighted by Crippen LogP contribution is 2.40. The monoisotopic (exact) mass is 530 g/mol. The van der Waals surface area contributed by atoms with Gasteiger partial charge in [0, 0.05) is 19.0 Å². The van der Waals surface area contributed by atoms with Gasteiger partial charge in [0.2, 0.25) is 5.60 Å². The Labute approximate surface area is 202 Å². The molecule has 36 heavy (non-hydrogen) atoms. The van der Waals surface area contributed by atoms with Gasteiger partial charge in [-0.05, 0) is 32.0 Å². The van der Waals surface area contributed by atoms with Gasteiger partial charge in [-0.3, -0.25) is 9.48 Å². The van der Waals surface area contributed by atoms with Crippen molar-refractivity contribution in [2.45, 2.75) is 38.2 Å². The van der Waals surface area contributed by atoms with Crippen LogP contribution in [0.15, 0.2) is 24.4 Å². The van der Waals surface area contributed by atoms with E-state index in [0.29, 0.717) is 34.8 Å². The molecule has 1 amide bonds. The number of fused-ring (bicyclic) bond motifs is 2. The van der Waals surface area contributed by atoms with Crippen LogP contribution in [0.5, 0.6) is 0 Å². The van der Waals surface area contributed by atoms with E-state index in [0.717, 1.165) is 0 Å². The summed E-state index contributed by atoms with van der Waals surface area (Å²) in [5.74, 6) is -0.831. The van der Waals surface area contributed by atoms with Gasteiger partial charge < -0.3 is 29.3 Å². The second-order valence-corrected chi connectivity index (χ2v) is 9.40. The number of nitrogens with zero attached hydrogens (tertiary/aromatic N) is 6. The lowest BCUT2D eigenvalue weighted by Crippen LogP contribution is -2.46. The van der Waals surface area contributed by atoms with Gasteiger partial charge in [0.15, 0.2) is 5.82 Å². The number of imidazole rings is 1. The Morgan fingerprint density at radius 3 is 2.44 bits per heavy atom. The molecule has 0 spiro atoms. The maximum Gasteiger partial charge on any atom is 0.466 e. The molecule has 3 aromatic rings. The first-order chi connectivity index (χ1) is 16.5. The summed E-state index contributed by atoms with van der Waals surface area (Å²) >= 11 is 0. The molecule has 0 radical (unpaired) electrons. The zero-order valence-corrected chi connectivity index (χ0v) is 20.1. The molecule has 3 heterocycles. The quantitative estimate of drug-likeness (QED) is 0.359. The van der Waals surface area contributed by atoms with E-state index in [1.165, 1.54) is 20.3 Å². The highest BCUT2D eigenvalue weighted by atomic mass is 31.2. The van der Waals surface area contributed by atoms with Crippen molar-refractivity contribution >= 4 is 24.6 Å². The first-order valence-corrected chi connectivity index (χ1v) is 11.8. The molecule has 2 atom stereocenters. The van der Waals surface area contributed by atoms with Gasteiger partial charge in [-0.1, -0.05) is 0 Å². The van der Waals surface area contributed by atoms with E-state index >= 15 is 0 Å². The van der Waals surface area contributed by atoms with Crippen LogP contribution in [0, 0.1) is 11.3 Å². The van der Waals surface area contributed by atoms with Crippen LogP contribution in [0.25, 0.3) is 10.9 Å². The van der Waals surface area contributed by atoms with Gasteiger partial charge in [0.05, 0.1) is 41.6 Å². The molecule has 1 aliphatic rings. The number of aliphatic hydroxyl groups is 1. The van der Waals surface area contributed by atoms with E-state index < -0.39 is 31.5 Å². The van der Waals surface area contributed by atoms with Crippen LogP contribution in [0.3, 0.4) is 0 Å². The molecule has 0 fully saturated rings. The van der Waals surface area contributed by atoms with E-state index in [1.54, 1.807) is 32.2 Å². The first-order valence-electron chi connectivity index (χ1n) is 10.3. The number of rotatable bonds is 2. The van der Waals surface area contributed by atoms with Crippen molar-refractivity contribution in [1.82, 2.24) is 24.2 Å². The smallest absolute Gasteiger partial charge is 0.374 e. The fraction of sp³-hybridized carbons (Fsp3) is 0.400. The van der Waals surface area contributed by atoms with Crippen LogP contribution in [0.2, 0.25) is 0 Å². The van der Waals surface area contributed by atoms with Gasteiger partial charge >= 0.3 is 14.0 Å². The Hall–Kier alpha value is -3.28. The lowest BCUT2D eigenvalue weighted by molar-refractivity contribution is -0.263. The van der Waals surface area contributed by atoms with E-state index in [4.69, 9.17) is 24.5 Å². The van der Waals surface area contributed by atoms with E-state index in [-0.39, 0.29) is 19.0 Å². The Kier molecular flexibility index (Phi) is 7.06. The number of carbonyl (C=O) groups is 1. The second-order valence-electron chi connectivity index (χ2n) is 8.38. The van der Waals surface area contributed by atoms with Gasteiger partial charge in [0.25, 0.3) is 5.91 Å². The molecule has 0 unspecified atom stereocenters. The van der Waals surface area contributed by atoms with Crippen LogP contribution in [-0.4, -0.2) is 62.6 Å². The number of hydrogen-bond acceptors (Lipinski definition) is 6. The number of benzene rings is 1. The Morgan fingerprint density at radius 1 is 1.28 bits per heavy atom. The number of phosphoric acid groups is 1. The molecular formula is C20H22F3N6O6P. The molecule has 12 nitrogen and oxygen atoms in total. The third-order valence-electron chi connectivity index (χ3n) is 5.59. The summed E-state index contributed by atoms with van der Waals surface area (Å²) in [6.45, 7) is 2.50. The predicted octanol–water partition coefficient (Wildman–Crippen LogP) is 1.70. The molecule has 4 rings (SSSR count). The normalized spacial score (nSPS) is 17.6. The van der Waals surface area contributed by atoms with Crippen molar-refractivity contribution in [2.24, 2.45) is 7.05 Å². The van der Waals surface area contributed by atoms with Gasteiger partial charge in [0.1, 0.15) is 5.69 Å². The summed E-state index contributed by atoms with van der Waals surface area (Å²) in [7, 11) is -3.02. The zero-order chi connectivity index (χ0) is 27.2. The number of aromatic nitrogens is 4. The number of halogens is 3. The third kappa shape index (κ3) is 5.28. The van der Waals surface area contributed by atoms with Gasteiger partial charge in [-0.25, -0.2) is 9.55 Å². The maximum absolute atomic E-state index is 13.3. The van der Waals surface area contributed by atoms with E-state index in [1.807, 2.05) is 6.07 Å². The molecule has 1 aliphatic heterocycles. The summed E-state index contributed by atoms with van der Waals surface area (Å²) in [6.07, 6.45) is -3.64. The highest BCUT2D eigenvalue weighted by Gasteiger charge is 2.55. The van der Waals surface area contributed by atoms with Crippen LogP contribution in [0.4, 0.5) is 13.2 Å². The van der Waals surface area contributed by atoms with Gasteiger partial charge in [-0.15, -0.1) is 0 Å². The molecule has 0 saturated carbocycles. The summed E-state index contributed by atoms with van der Waals surface area (Å²) in [5.41, 5.74) is -1.47. The van der Waals surface area contributed by atoms with Crippen LogP contribution in [-0.2, 0) is 23.8 Å². The number of aryl methyl sites for hydroxylation is 1. The van der Waals surface area contributed by atoms with Crippen molar-refractivity contribution < 1.29 is 42.3 Å². The Balaban J connectivity index is 0.000000658. The van der Waals surface area contributed by atoms with Crippen LogP contribution in [0.1, 0.15) is 47.5 Å². The van der Waals surface area contributed by atoms with Crippen molar-refractivity contribution in [3.8, 4) is 6.07 Å². The molecule has 16 heteroatoms. The largest absolute Gasteiger partial charge is 0.466 e. The fourth-order valence-electron chi connectivity index (χ4n) is 3.98. The van der Waals surface area contributed by atoms with Crippen molar-refractivity contribution in [3.05, 3.63) is 47.2 Å². The third-order valence-corrected chi connectivity index (χ3v) is 5.59. The summed E-state index contributed by atoms with van der Waals surface area (Å²) in [5, 5.41) is 24.0. The van der Waals surface area contributed by atoms with E-state index in [2.05, 4.69) is 10.1 Å². The van der Waals surface area contributed by atoms with E-state index in [9.17, 15) is 23.1 Å². The fourth-order valence-corrected chi connectivity index (χ4v) is 3.98. The average molecular weight is 530 g/mol. The van der Waals surface area contributed by atoms with Crippen molar-refractivity contribution in [3.63, 3.8) is 0 Å². The average Bonchev–Trinajstić information content (AvgIpc) is 3.31. The van der Waals surface area contributed by atoms with Crippen LogP contribution >= 0.6 is 7.82 Å². The Bertz CT molecular complexity index is 1400. The van der Waals surface area contributed by atoms with Gasteiger partial charge in [-0.2, -0.15) is 23.5 Å². The molecule has 194 valence electrons.